The molecule has 3 nitrogen and oxygen atoms in total. The molecule has 0 aromatic rings. The van der Waals surface area contributed by atoms with E-state index in [9.17, 15) is 0 Å². The first-order chi connectivity index (χ1) is 7.99. The minimum absolute atomic E-state index is 0.376. The van der Waals surface area contributed by atoms with Crippen LogP contribution in [0.3, 0.4) is 0 Å². The molecule has 4 atom stereocenters. The monoisotopic (exact) mass is 236 g/mol. The number of hydrogen-bond donors (Lipinski definition) is 3. The van der Waals surface area contributed by atoms with E-state index in [4.69, 9.17) is 11.5 Å². The Morgan fingerprint density at radius 3 is 2.35 bits per heavy atom. The van der Waals surface area contributed by atoms with Crippen LogP contribution in [0.5, 0.6) is 0 Å². The fourth-order valence-electron chi connectivity index (χ4n) is 5.69. The van der Waals surface area contributed by atoms with Crippen molar-refractivity contribution in [1.82, 2.24) is 0 Å². The van der Waals surface area contributed by atoms with Crippen molar-refractivity contribution in [2.75, 3.05) is 6.54 Å². The Bertz CT molecular complexity index is 329. The average molecular weight is 236 g/mol. The maximum atomic E-state index is 5.48. The maximum absolute atomic E-state index is 5.48. The lowest BCUT2D eigenvalue weighted by Crippen LogP contribution is -2.78. The fraction of sp³-hybridized carbons (Fsp3) is 0.929. The van der Waals surface area contributed by atoms with Gasteiger partial charge in [-0.15, -0.1) is 0 Å². The number of nitrogens with one attached hydrogen (secondary N) is 1. The van der Waals surface area contributed by atoms with Crippen LogP contribution in [0.4, 0.5) is 0 Å². The summed E-state index contributed by atoms with van der Waals surface area (Å²) in [7, 11) is 0. The lowest BCUT2D eigenvalue weighted by atomic mass is 9.44. The Kier molecular flexibility index (Phi) is 2.43. The summed E-state index contributed by atoms with van der Waals surface area (Å²) < 4.78 is 0. The molecule has 2 unspecified atom stereocenters. The summed E-state index contributed by atoms with van der Waals surface area (Å²) in [6, 6.07) is 0. The van der Waals surface area contributed by atoms with Gasteiger partial charge in [0.05, 0.1) is 6.54 Å². The van der Waals surface area contributed by atoms with Crippen LogP contribution < -0.4 is 16.5 Å². The summed E-state index contributed by atoms with van der Waals surface area (Å²) >= 11 is 0. The van der Waals surface area contributed by atoms with Crippen molar-refractivity contribution in [2.24, 2.45) is 34.1 Å². The lowest BCUT2D eigenvalue weighted by molar-refractivity contribution is -0.464. The molecule has 0 aromatic heterocycles. The van der Waals surface area contributed by atoms with Crippen molar-refractivity contribution in [3.63, 3.8) is 0 Å². The maximum Gasteiger partial charge on any atom is 0.338 e. The van der Waals surface area contributed by atoms with Gasteiger partial charge in [0.15, 0.2) is 0 Å². The Morgan fingerprint density at radius 1 is 1.18 bits per heavy atom. The van der Waals surface area contributed by atoms with Gasteiger partial charge in [-0.05, 0) is 67.6 Å². The van der Waals surface area contributed by atoms with E-state index in [1.54, 1.807) is 0 Å². The summed E-state index contributed by atoms with van der Waals surface area (Å²) in [5.74, 6) is 2.40. The van der Waals surface area contributed by atoms with E-state index in [1.165, 1.54) is 44.9 Å². The molecule has 4 aliphatic rings. The van der Waals surface area contributed by atoms with Gasteiger partial charge >= 0.3 is 5.96 Å². The predicted octanol–water partition coefficient (Wildman–Crippen LogP) is 0.337. The van der Waals surface area contributed by atoms with E-state index >= 15 is 0 Å². The first-order valence-electron chi connectivity index (χ1n) is 7.11. The molecule has 3 heteroatoms. The molecule has 0 saturated heterocycles. The Hall–Kier alpha value is -0.730. The molecule has 0 heterocycles. The first kappa shape index (κ1) is 11.4. The number of rotatable bonds is 3. The lowest BCUT2D eigenvalue weighted by Gasteiger charge is -2.61. The number of nitrogens with two attached hydrogens (primary N) is 2. The standard InChI is InChI=1S/C14H25N3/c1-13-5-10-4-11(6-13)8-14(7-10,9-13)2-3-17-12(15)16/h10-11H,2-9H2,1H3,(H4,15,16,17)/p+1/t10-,11+,13?,14?. The Morgan fingerprint density at radius 2 is 1.82 bits per heavy atom. The van der Waals surface area contributed by atoms with E-state index in [-0.39, 0.29) is 0 Å². The number of hydrogen-bond acceptors (Lipinski definition) is 0. The van der Waals surface area contributed by atoms with Crippen molar-refractivity contribution in [2.45, 2.75) is 51.9 Å². The summed E-state index contributed by atoms with van der Waals surface area (Å²) in [5, 5.41) is 0. The van der Waals surface area contributed by atoms with Crippen molar-refractivity contribution in [1.29, 1.82) is 0 Å². The molecule has 0 aromatic carbocycles. The van der Waals surface area contributed by atoms with E-state index in [1.807, 2.05) is 0 Å². The zero-order chi connectivity index (χ0) is 12.1. The topological polar surface area (TPSA) is 66.0 Å². The van der Waals surface area contributed by atoms with Crippen LogP contribution in [-0.4, -0.2) is 12.5 Å². The quantitative estimate of drug-likeness (QED) is 0.488. The average Bonchev–Trinajstić information content (AvgIpc) is 2.11. The van der Waals surface area contributed by atoms with Crippen LogP contribution in [-0.2, 0) is 0 Å². The molecule has 4 bridgehead atoms. The molecule has 0 spiro atoms. The van der Waals surface area contributed by atoms with Gasteiger partial charge in [-0.1, -0.05) is 6.92 Å². The largest absolute Gasteiger partial charge is 0.338 e. The molecular formula is C14H26N3+. The Labute approximate surface area is 104 Å². The van der Waals surface area contributed by atoms with Crippen LogP contribution in [0.25, 0.3) is 0 Å². The highest BCUT2D eigenvalue weighted by Crippen LogP contribution is 2.65. The Balaban J connectivity index is 1.72. The molecule has 5 N–H and O–H groups in total. The number of guanidine groups is 1. The molecule has 4 aliphatic carbocycles. The molecule has 4 rings (SSSR count). The zero-order valence-corrected chi connectivity index (χ0v) is 11.0. The second-order valence-electron chi connectivity index (χ2n) is 7.40. The van der Waals surface area contributed by atoms with E-state index in [0.717, 1.165) is 18.4 Å². The normalized spacial score (nSPS) is 47.1. The molecule has 4 fully saturated rings. The molecule has 17 heavy (non-hydrogen) atoms. The summed E-state index contributed by atoms with van der Waals surface area (Å²) in [5.41, 5.74) is 12.2. The molecule has 0 amide bonds. The van der Waals surface area contributed by atoms with Crippen LogP contribution in [0.1, 0.15) is 51.9 Å². The van der Waals surface area contributed by atoms with Gasteiger partial charge in [-0.3, -0.25) is 16.5 Å². The molecular weight excluding hydrogens is 210 g/mol. The summed E-state index contributed by atoms with van der Waals surface area (Å²) in [6.45, 7) is 3.48. The second kappa shape index (κ2) is 3.63. The van der Waals surface area contributed by atoms with Crippen molar-refractivity contribution in [3.05, 3.63) is 0 Å². The smallest absolute Gasteiger partial charge is 0.291 e. The first-order valence-corrected chi connectivity index (χ1v) is 7.11. The zero-order valence-electron chi connectivity index (χ0n) is 11.0. The molecule has 96 valence electrons. The van der Waals surface area contributed by atoms with Crippen LogP contribution in [0.2, 0.25) is 0 Å². The van der Waals surface area contributed by atoms with E-state index in [0.29, 0.717) is 16.8 Å². The van der Waals surface area contributed by atoms with Gasteiger partial charge in [-0.2, -0.15) is 0 Å². The van der Waals surface area contributed by atoms with E-state index < -0.39 is 0 Å². The van der Waals surface area contributed by atoms with Crippen molar-refractivity contribution >= 4 is 5.96 Å². The second-order valence-corrected chi connectivity index (χ2v) is 7.40. The highest BCUT2D eigenvalue weighted by atomic mass is 15.0. The minimum Gasteiger partial charge on any atom is -0.291 e. The van der Waals surface area contributed by atoms with Crippen molar-refractivity contribution < 1.29 is 4.99 Å². The highest BCUT2D eigenvalue weighted by molar-refractivity contribution is 5.69. The summed E-state index contributed by atoms with van der Waals surface area (Å²) in [4.78, 5) is 3.11. The predicted molar refractivity (Wildman–Crippen MR) is 69.1 cm³/mol. The van der Waals surface area contributed by atoms with Crippen LogP contribution >= 0.6 is 0 Å². The SMILES string of the molecule is CC12C[C@H]3C[C@@H](C1)CC(CC[NH+]=C(N)N)(C3)C2. The van der Waals surface area contributed by atoms with E-state index in [2.05, 4.69) is 11.9 Å². The van der Waals surface area contributed by atoms with Gasteiger partial charge < -0.3 is 0 Å². The van der Waals surface area contributed by atoms with Crippen molar-refractivity contribution in [3.8, 4) is 0 Å². The van der Waals surface area contributed by atoms with Gasteiger partial charge in [0.1, 0.15) is 0 Å². The fourth-order valence-corrected chi connectivity index (χ4v) is 5.69. The molecule has 0 aliphatic heterocycles. The van der Waals surface area contributed by atoms with Gasteiger partial charge in [-0.25, -0.2) is 0 Å². The van der Waals surface area contributed by atoms with Gasteiger partial charge in [0.2, 0.25) is 0 Å². The third-order valence-corrected chi connectivity index (χ3v) is 5.46. The summed E-state index contributed by atoms with van der Waals surface area (Å²) in [6.07, 6.45) is 10.1. The third kappa shape index (κ3) is 2.04. The highest BCUT2D eigenvalue weighted by Gasteiger charge is 2.55. The molecule has 0 radical (unpaired) electrons. The minimum atomic E-state index is 0.376. The third-order valence-electron chi connectivity index (χ3n) is 5.46. The van der Waals surface area contributed by atoms with Crippen LogP contribution in [0.15, 0.2) is 0 Å². The van der Waals surface area contributed by atoms with Gasteiger partial charge in [0.25, 0.3) is 0 Å². The van der Waals surface area contributed by atoms with Gasteiger partial charge in [0, 0.05) is 0 Å². The molecule has 4 saturated carbocycles. The van der Waals surface area contributed by atoms with Crippen LogP contribution in [0, 0.1) is 22.7 Å².